The fraction of sp³-hybridized carbons (Fsp3) is 0.0952. The van der Waals surface area contributed by atoms with Crippen LogP contribution in [0.1, 0.15) is 32.6 Å². The van der Waals surface area contributed by atoms with E-state index in [1.54, 1.807) is 6.07 Å². The van der Waals surface area contributed by atoms with E-state index in [0.29, 0.717) is 34.0 Å². The first-order chi connectivity index (χ1) is 12.1. The van der Waals surface area contributed by atoms with E-state index >= 15 is 0 Å². The average molecular weight is 370 g/mol. The number of primary amides is 1. The topological polar surface area (TPSA) is 43.1 Å². The van der Waals surface area contributed by atoms with E-state index in [1.165, 1.54) is 0 Å². The lowest BCUT2D eigenvalue weighted by Gasteiger charge is -2.15. The van der Waals surface area contributed by atoms with Gasteiger partial charge in [0.15, 0.2) is 0 Å². The summed E-state index contributed by atoms with van der Waals surface area (Å²) in [6.07, 6.45) is 1.09. The first-order valence-corrected chi connectivity index (χ1v) is 8.69. The Labute approximate surface area is 157 Å². The highest BCUT2D eigenvalue weighted by atomic mass is 35.5. The van der Waals surface area contributed by atoms with Crippen LogP contribution in [0.15, 0.2) is 66.7 Å². The second kappa shape index (κ2) is 7.73. The molecule has 0 heterocycles. The van der Waals surface area contributed by atoms with Crippen molar-refractivity contribution in [1.29, 1.82) is 0 Å². The summed E-state index contributed by atoms with van der Waals surface area (Å²) in [5, 5.41) is 0.870. The molecule has 2 nitrogen and oxygen atoms in total. The van der Waals surface area contributed by atoms with E-state index in [9.17, 15) is 4.79 Å². The van der Waals surface area contributed by atoms with Crippen LogP contribution in [0, 0.1) is 0 Å². The molecule has 4 heteroatoms. The van der Waals surface area contributed by atoms with Gasteiger partial charge in [-0.3, -0.25) is 4.79 Å². The Bertz CT molecular complexity index is 893. The van der Waals surface area contributed by atoms with Gasteiger partial charge in [0, 0.05) is 5.56 Å². The Morgan fingerprint density at radius 3 is 1.84 bits per heavy atom. The predicted octanol–water partition coefficient (Wildman–Crippen LogP) is 5.27. The van der Waals surface area contributed by atoms with Crippen LogP contribution < -0.4 is 5.73 Å². The number of hydrogen-bond donors (Lipinski definition) is 1. The van der Waals surface area contributed by atoms with Crippen molar-refractivity contribution < 1.29 is 4.79 Å². The zero-order valence-corrected chi connectivity index (χ0v) is 15.0. The summed E-state index contributed by atoms with van der Waals surface area (Å²) >= 11 is 13.0. The molecule has 0 aliphatic rings. The van der Waals surface area contributed by atoms with Crippen LogP contribution in [0.3, 0.4) is 0 Å². The molecular weight excluding hydrogens is 353 g/mol. The summed E-state index contributed by atoms with van der Waals surface area (Å²) < 4.78 is 0. The van der Waals surface area contributed by atoms with E-state index in [0.717, 1.165) is 16.7 Å². The van der Waals surface area contributed by atoms with Crippen molar-refractivity contribution in [3.8, 4) is 0 Å². The molecule has 0 spiro atoms. The Balaban J connectivity index is 2.04. The molecule has 0 bridgehead atoms. The number of amides is 1. The quantitative estimate of drug-likeness (QED) is 0.653. The third-order valence-corrected chi connectivity index (χ3v) is 5.06. The highest BCUT2D eigenvalue weighted by Crippen LogP contribution is 2.35. The molecule has 2 N–H and O–H groups in total. The fourth-order valence-corrected chi connectivity index (χ4v) is 3.38. The van der Waals surface area contributed by atoms with Crippen molar-refractivity contribution in [2.45, 2.75) is 12.8 Å². The zero-order valence-electron chi connectivity index (χ0n) is 13.5. The van der Waals surface area contributed by atoms with E-state index in [1.807, 2.05) is 60.7 Å². The molecule has 0 unspecified atom stereocenters. The summed E-state index contributed by atoms with van der Waals surface area (Å²) in [4.78, 5) is 12.0. The molecule has 1 amide bonds. The summed E-state index contributed by atoms with van der Waals surface area (Å²) in [5.41, 5.74) is 9.62. The van der Waals surface area contributed by atoms with Gasteiger partial charge in [0.05, 0.1) is 10.0 Å². The number of hydrogen-bond acceptors (Lipinski definition) is 1. The van der Waals surface area contributed by atoms with Crippen LogP contribution in [-0.2, 0) is 12.8 Å². The molecule has 0 saturated heterocycles. The van der Waals surface area contributed by atoms with Gasteiger partial charge in [-0.15, -0.1) is 0 Å². The smallest absolute Gasteiger partial charge is 0.249 e. The van der Waals surface area contributed by atoms with Crippen molar-refractivity contribution in [2.24, 2.45) is 5.73 Å². The van der Waals surface area contributed by atoms with Crippen LogP contribution in [-0.4, -0.2) is 5.91 Å². The summed E-state index contributed by atoms with van der Waals surface area (Å²) in [6.45, 7) is 0. The molecule has 0 aromatic heterocycles. The fourth-order valence-electron chi connectivity index (χ4n) is 2.85. The lowest BCUT2D eigenvalue weighted by molar-refractivity contribution is 0.0999. The molecule has 0 atom stereocenters. The summed E-state index contributed by atoms with van der Waals surface area (Å²) in [5.74, 6) is -0.501. The Hall–Kier alpha value is -2.29. The summed E-state index contributed by atoms with van der Waals surface area (Å²) in [6, 6.07) is 21.4. The second-order valence-electron chi connectivity index (χ2n) is 5.88. The number of carbonyl (C=O) groups is 1. The Morgan fingerprint density at radius 2 is 1.32 bits per heavy atom. The molecule has 0 fully saturated rings. The maximum absolute atomic E-state index is 12.0. The standard InChI is InChI=1S/C21H17Cl2NO/c22-19-16(11-14-7-3-1-4-8-14)13-18(21(24)25)17(20(19)23)12-15-9-5-2-6-10-15/h1-10,13H,11-12H2,(H2,24,25). The molecule has 0 aliphatic carbocycles. The van der Waals surface area contributed by atoms with Crippen LogP contribution in [0.4, 0.5) is 0 Å². The van der Waals surface area contributed by atoms with Crippen molar-refractivity contribution in [1.82, 2.24) is 0 Å². The van der Waals surface area contributed by atoms with Gasteiger partial charge in [-0.25, -0.2) is 0 Å². The van der Waals surface area contributed by atoms with Gasteiger partial charge < -0.3 is 5.73 Å². The van der Waals surface area contributed by atoms with Crippen LogP contribution >= 0.6 is 23.2 Å². The number of rotatable bonds is 5. The predicted molar refractivity (Wildman–Crippen MR) is 103 cm³/mol. The lowest BCUT2D eigenvalue weighted by atomic mass is 9.94. The molecule has 3 aromatic rings. The number of carbonyl (C=O) groups excluding carboxylic acids is 1. The second-order valence-corrected chi connectivity index (χ2v) is 6.63. The Morgan fingerprint density at radius 1 is 0.800 bits per heavy atom. The first kappa shape index (κ1) is 17.5. The molecule has 3 rings (SSSR count). The van der Waals surface area contributed by atoms with Crippen LogP contribution in [0.2, 0.25) is 10.0 Å². The molecular formula is C21H17Cl2NO. The third-order valence-electron chi connectivity index (χ3n) is 4.11. The van der Waals surface area contributed by atoms with Crippen molar-refractivity contribution in [3.05, 3.63) is 105 Å². The van der Waals surface area contributed by atoms with Gasteiger partial charge in [0.2, 0.25) is 5.91 Å². The molecule has 0 radical (unpaired) electrons. The number of benzene rings is 3. The van der Waals surface area contributed by atoms with Gasteiger partial charge in [0.1, 0.15) is 0 Å². The highest BCUT2D eigenvalue weighted by molar-refractivity contribution is 6.43. The van der Waals surface area contributed by atoms with Gasteiger partial charge in [-0.05, 0) is 41.2 Å². The maximum Gasteiger partial charge on any atom is 0.249 e. The molecule has 0 aliphatic heterocycles. The van der Waals surface area contributed by atoms with Gasteiger partial charge in [-0.2, -0.15) is 0 Å². The minimum Gasteiger partial charge on any atom is -0.366 e. The molecule has 3 aromatic carbocycles. The molecule has 126 valence electrons. The van der Waals surface area contributed by atoms with E-state index in [-0.39, 0.29) is 0 Å². The third kappa shape index (κ3) is 4.04. The van der Waals surface area contributed by atoms with Crippen molar-refractivity contribution in [2.75, 3.05) is 0 Å². The van der Waals surface area contributed by atoms with E-state index in [2.05, 4.69) is 0 Å². The highest BCUT2D eigenvalue weighted by Gasteiger charge is 2.19. The first-order valence-electron chi connectivity index (χ1n) is 7.93. The monoisotopic (exact) mass is 369 g/mol. The summed E-state index contributed by atoms with van der Waals surface area (Å²) in [7, 11) is 0. The van der Waals surface area contributed by atoms with Gasteiger partial charge in [-0.1, -0.05) is 83.9 Å². The van der Waals surface area contributed by atoms with Crippen LogP contribution in [0.5, 0.6) is 0 Å². The molecule has 0 saturated carbocycles. The van der Waals surface area contributed by atoms with Gasteiger partial charge in [0.25, 0.3) is 0 Å². The minimum absolute atomic E-state index is 0.396. The number of nitrogens with two attached hydrogens (primary N) is 1. The SMILES string of the molecule is NC(=O)c1cc(Cc2ccccc2)c(Cl)c(Cl)c1Cc1ccccc1. The minimum atomic E-state index is -0.501. The van der Waals surface area contributed by atoms with Crippen molar-refractivity contribution in [3.63, 3.8) is 0 Å². The Kier molecular flexibility index (Phi) is 5.42. The number of halogens is 2. The van der Waals surface area contributed by atoms with Gasteiger partial charge >= 0.3 is 0 Å². The lowest BCUT2D eigenvalue weighted by Crippen LogP contribution is -2.15. The van der Waals surface area contributed by atoms with Crippen molar-refractivity contribution >= 4 is 29.1 Å². The normalized spacial score (nSPS) is 10.6. The van der Waals surface area contributed by atoms with E-state index < -0.39 is 5.91 Å². The average Bonchev–Trinajstić information content (AvgIpc) is 2.63. The zero-order chi connectivity index (χ0) is 17.8. The van der Waals surface area contributed by atoms with E-state index in [4.69, 9.17) is 28.9 Å². The van der Waals surface area contributed by atoms with Crippen LogP contribution in [0.25, 0.3) is 0 Å². The maximum atomic E-state index is 12.0. The largest absolute Gasteiger partial charge is 0.366 e. The molecule has 25 heavy (non-hydrogen) atoms.